The van der Waals surface area contributed by atoms with Crippen molar-refractivity contribution in [3.05, 3.63) is 59.9 Å². The Labute approximate surface area is 167 Å². The molecule has 29 heavy (non-hydrogen) atoms. The summed E-state index contributed by atoms with van der Waals surface area (Å²) in [5.74, 6) is -3.31. The molecule has 2 aromatic carbocycles. The van der Waals surface area contributed by atoms with E-state index in [-0.39, 0.29) is 36.8 Å². The van der Waals surface area contributed by atoms with Crippen molar-refractivity contribution >= 4 is 21.6 Å². The maximum Gasteiger partial charge on any atom is 0.243 e. The van der Waals surface area contributed by atoms with Gasteiger partial charge in [-0.05, 0) is 37.3 Å². The zero-order valence-electron chi connectivity index (χ0n) is 15.6. The lowest BCUT2D eigenvalue weighted by molar-refractivity contribution is -0.121. The molecule has 1 aliphatic heterocycles. The number of anilines is 1. The van der Waals surface area contributed by atoms with Crippen LogP contribution in [0, 0.1) is 17.5 Å². The lowest BCUT2D eigenvalue weighted by Gasteiger charge is -2.36. The average molecular weight is 427 g/mol. The Kier molecular flexibility index (Phi) is 6.25. The molecule has 10 heteroatoms. The van der Waals surface area contributed by atoms with E-state index in [9.17, 15) is 26.4 Å². The molecule has 0 spiro atoms. The lowest BCUT2D eigenvalue weighted by Crippen LogP contribution is -2.53. The van der Waals surface area contributed by atoms with Crippen LogP contribution in [-0.4, -0.2) is 55.8 Å². The third kappa shape index (κ3) is 4.60. The molecule has 6 nitrogen and oxygen atoms in total. The number of carbonyl (C=O) groups is 1. The van der Waals surface area contributed by atoms with E-state index in [2.05, 4.69) is 5.32 Å². The number of nitrogens with zero attached hydrogens (tertiary/aromatic N) is 2. The fraction of sp³-hybridized carbons (Fsp3) is 0.316. The number of hydrogen-bond acceptors (Lipinski definition) is 4. The molecule has 1 atom stereocenters. The third-order valence-electron chi connectivity index (χ3n) is 4.86. The first-order valence-electron chi connectivity index (χ1n) is 8.95. The van der Waals surface area contributed by atoms with E-state index < -0.39 is 39.4 Å². The number of rotatable bonds is 5. The monoisotopic (exact) mass is 427 g/mol. The van der Waals surface area contributed by atoms with E-state index in [1.807, 2.05) is 0 Å². The van der Waals surface area contributed by atoms with E-state index in [0.29, 0.717) is 6.07 Å². The Morgan fingerprint density at radius 1 is 0.966 bits per heavy atom. The largest absolute Gasteiger partial charge is 0.322 e. The van der Waals surface area contributed by atoms with Crippen molar-refractivity contribution in [3.63, 3.8) is 0 Å². The van der Waals surface area contributed by atoms with E-state index in [4.69, 9.17) is 0 Å². The summed E-state index contributed by atoms with van der Waals surface area (Å²) in [5.41, 5.74) is 0.0731. The van der Waals surface area contributed by atoms with Gasteiger partial charge in [0.1, 0.15) is 5.82 Å². The molecular formula is C19H20F3N3O3S. The van der Waals surface area contributed by atoms with E-state index in [0.717, 1.165) is 16.4 Å². The second-order valence-corrected chi connectivity index (χ2v) is 8.60. The number of para-hydroxylation sites is 1. The van der Waals surface area contributed by atoms with E-state index in [1.165, 1.54) is 18.2 Å². The van der Waals surface area contributed by atoms with Crippen LogP contribution in [0.15, 0.2) is 47.4 Å². The lowest BCUT2D eigenvalue weighted by atomic mass is 10.2. The number of hydrogen-bond donors (Lipinski definition) is 1. The molecule has 1 heterocycles. The SMILES string of the molecule is CC(C(=O)Nc1ccccc1F)N1CCN(S(=O)(=O)c2ccc(F)c(F)c2)CC1. The molecule has 1 aliphatic rings. The normalized spacial score (nSPS) is 17.1. The topological polar surface area (TPSA) is 69.7 Å². The van der Waals surface area contributed by atoms with Crippen LogP contribution in [0.3, 0.4) is 0 Å². The minimum atomic E-state index is -3.97. The maximum atomic E-state index is 13.7. The molecule has 1 amide bonds. The minimum absolute atomic E-state index is 0.0731. The van der Waals surface area contributed by atoms with Crippen LogP contribution in [0.5, 0.6) is 0 Å². The minimum Gasteiger partial charge on any atom is -0.322 e. The van der Waals surface area contributed by atoms with Crippen LogP contribution in [-0.2, 0) is 14.8 Å². The summed E-state index contributed by atoms with van der Waals surface area (Å²) in [6.45, 7) is 2.33. The molecule has 1 saturated heterocycles. The molecule has 1 unspecified atom stereocenters. The number of benzene rings is 2. The number of carbonyl (C=O) groups excluding carboxylic acids is 1. The smallest absolute Gasteiger partial charge is 0.243 e. The highest BCUT2D eigenvalue weighted by molar-refractivity contribution is 7.89. The third-order valence-corrected chi connectivity index (χ3v) is 6.76. The summed E-state index contributed by atoms with van der Waals surface area (Å²) in [6.07, 6.45) is 0. The van der Waals surface area contributed by atoms with E-state index >= 15 is 0 Å². The predicted molar refractivity (Wildman–Crippen MR) is 101 cm³/mol. The van der Waals surface area contributed by atoms with Gasteiger partial charge in [0.05, 0.1) is 16.6 Å². The van der Waals surface area contributed by atoms with Crippen molar-refractivity contribution in [3.8, 4) is 0 Å². The van der Waals surface area contributed by atoms with Crippen LogP contribution < -0.4 is 5.32 Å². The van der Waals surface area contributed by atoms with Gasteiger partial charge in [-0.2, -0.15) is 4.31 Å². The fourth-order valence-corrected chi connectivity index (χ4v) is 4.52. The van der Waals surface area contributed by atoms with Gasteiger partial charge in [-0.3, -0.25) is 9.69 Å². The van der Waals surface area contributed by atoms with E-state index in [1.54, 1.807) is 17.9 Å². The first-order chi connectivity index (χ1) is 13.7. The predicted octanol–water partition coefficient (Wildman–Crippen LogP) is 2.44. The number of piperazine rings is 1. The Bertz CT molecular complexity index is 1010. The van der Waals surface area contributed by atoms with Gasteiger partial charge in [0.25, 0.3) is 0 Å². The molecule has 0 radical (unpaired) electrons. The Morgan fingerprint density at radius 2 is 1.62 bits per heavy atom. The van der Waals surface area contributed by atoms with Crippen LogP contribution >= 0.6 is 0 Å². The number of nitrogens with one attached hydrogen (secondary N) is 1. The highest BCUT2D eigenvalue weighted by Gasteiger charge is 2.32. The van der Waals surface area contributed by atoms with Crippen LogP contribution in [0.1, 0.15) is 6.92 Å². The van der Waals surface area contributed by atoms with Crippen molar-refractivity contribution in [2.75, 3.05) is 31.5 Å². The van der Waals surface area contributed by atoms with Gasteiger partial charge in [0.2, 0.25) is 15.9 Å². The first kappa shape index (κ1) is 21.3. The molecule has 0 aromatic heterocycles. The van der Waals surface area contributed by atoms with Gasteiger partial charge >= 0.3 is 0 Å². The molecular weight excluding hydrogens is 407 g/mol. The fourth-order valence-electron chi connectivity index (χ4n) is 3.08. The molecule has 0 saturated carbocycles. The van der Waals surface area contributed by atoms with Crippen molar-refractivity contribution in [2.45, 2.75) is 17.9 Å². The van der Waals surface area contributed by atoms with Gasteiger partial charge in [-0.1, -0.05) is 12.1 Å². The molecule has 156 valence electrons. The van der Waals surface area contributed by atoms with Crippen molar-refractivity contribution < 1.29 is 26.4 Å². The molecule has 3 rings (SSSR count). The summed E-state index contributed by atoms with van der Waals surface area (Å²) in [5, 5.41) is 2.52. The Hall–Kier alpha value is -2.43. The standard InChI is InChI=1S/C19H20F3N3O3S/c1-13(19(26)23-18-5-3-2-4-16(18)21)24-8-10-25(11-9-24)29(27,28)14-6-7-15(20)17(22)12-14/h2-7,12-13H,8-11H2,1H3,(H,23,26). The molecule has 0 aliphatic carbocycles. The zero-order chi connectivity index (χ0) is 21.2. The highest BCUT2D eigenvalue weighted by Crippen LogP contribution is 2.21. The second-order valence-electron chi connectivity index (χ2n) is 6.66. The average Bonchev–Trinajstić information content (AvgIpc) is 2.71. The maximum absolute atomic E-state index is 13.7. The van der Waals surface area contributed by atoms with Gasteiger partial charge in [-0.25, -0.2) is 21.6 Å². The Balaban J connectivity index is 1.62. The summed E-state index contributed by atoms with van der Waals surface area (Å²) in [4.78, 5) is 13.9. The second kappa shape index (κ2) is 8.52. The quantitative estimate of drug-likeness (QED) is 0.796. The van der Waals surface area contributed by atoms with Crippen LogP contribution in [0.2, 0.25) is 0 Å². The molecule has 1 N–H and O–H groups in total. The van der Waals surface area contributed by atoms with Gasteiger partial charge in [0, 0.05) is 26.2 Å². The van der Waals surface area contributed by atoms with Crippen molar-refractivity contribution in [1.82, 2.24) is 9.21 Å². The summed E-state index contributed by atoms with van der Waals surface area (Å²) in [7, 11) is -3.97. The molecule has 0 bridgehead atoms. The van der Waals surface area contributed by atoms with Crippen molar-refractivity contribution in [2.24, 2.45) is 0 Å². The van der Waals surface area contributed by atoms with Crippen molar-refractivity contribution in [1.29, 1.82) is 0 Å². The summed E-state index contributed by atoms with van der Waals surface area (Å²) >= 11 is 0. The highest BCUT2D eigenvalue weighted by atomic mass is 32.2. The van der Waals surface area contributed by atoms with Gasteiger partial charge in [-0.15, -0.1) is 0 Å². The molecule has 2 aromatic rings. The summed E-state index contributed by atoms with van der Waals surface area (Å²) < 4.78 is 66.6. The van der Waals surface area contributed by atoms with Gasteiger partial charge < -0.3 is 5.32 Å². The van der Waals surface area contributed by atoms with Crippen LogP contribution in [0.4, 0.5) is 18.9 Å². The number of amides is 1. The summed E-state index contributed by atoms with van der Waals surface area (Å²) in [6, 6.07) is 7.64. The number of halogens is 3. The Morgan fingerprint density at radius 3 is 2.24 bits per heavy atom. The number of sulfonamides is 1. The van der Waals surface area contributed by atoms with Gasteiger partial charge in [0.15, 0.2) is 11.6 Å². The zero-order valence-corrected chi connectivity index (χ0v) is 16.4. The molecule has 1 fully saturated rings. The first-order valence-corrected chi connectivity index (χ1v) is 10.4. The van der Waals surface area contributed by atoms with Crippen LogP contribution in [0.25, 0.3) is 0 Å².